The average Bonchev–Trinajstić information content (AvgIpc) is 2.82. The van der Waals surface area contributed by atoms with Gasteiger partial charge in [-0.05, 0) is 96.0 Å². The van der Waals surface area contributed by atoms with Crippen LogP contribution in [-0.2, 0) is 14.3 Å². The van der Waals surface area contributed by atoms with Crippen molar-refractivity contribution in [3.8, 4) is 0 Å². The van der Waals surface area contributed by atoms with Gasteiger partial charge in [-0.25, -0.2) is 0 Å². The van der Waals surface area contributed by atoms with Gasteiger partial charge >= 0.3 is 0 Å². The second-order valence-electron chi connectivity index (χ2n) is 9.38. The smallest absolute Gasteiger partial charge is 0.258 e. The van der Waals surface area contributed by atoms with Crippen LogP contribution in [0.3, 0.4) is 0 Å². The molecule has 0 aliphatic carbocycles. The highest BCUT2D eigenvalue weighted by Crippen LogP contribution is 2.27. The number of halogens is 1. The molecule has 0 radical (unpaired) electrons. The monoisotopic (exact) mass is 567 g/mol. The Bertz CT molecular complexity index is 1030. The quantitative estimate of drug-likeness (QED) is 0.225. The third-order valence-corrected chi connectivity index (χ3v) is 7.19. The van der Waals surface area contributed by atoms with E-state index in [2.05, 4.69) is 29.2 Å². The summed E-state index contributed by atoms with van der Waals surface area (Å²) < 4.78 is 5.26. The molecule has 1 unspecified atom stereocenters. The Morgan fingerprint density at radius 3 is 2.57 bits per heavy atom. The van der Waals surface area contributed by atoms with Gasteiger partial charge < -0.3 is 20.3 Å². The Balaban J connectivity index is 0.000000474. The van der Waals surface area contributed by atoms with Crippen LogP contribution in [-0.4, -0.2) is 60.8 Å². The molecule has 7 nitrogen and oxygen atoms in total. The zero-order valence-corrected chi connectivity index (χ0v) is 24.9. The van der Waals surface area contributed by atoms with Gasteiger partial charge in [0.15, 0.2) is 5.05 Å². The predicted molar refractivity (Wildman–Crippen MR) is 158 cm³/mol. The van der Waals surface area contributed by atoms with Gasteiger partial charge in [-0.3, -0.25) is 14.4 Å². The van der Waals surface area contributed by atoms with E-state index in [1.807, 2.05) is 0 Å². The summed E-state index contributed by atoms with van der Waals surface area (Å²) in [5.74, 6) is -0.0811. The van der Waals surface area contributed by atoms with E-state index < -0.39 is 11.4 Å². The summed E-state index contributed by atoms with van der Waals surface area (Å²) in [6, 6.07) is 4.96. The number of aldehydes is 1. The molecule has 1 atom stereocenters. The molecule has 1 heterocycles. The number of hydrogen-bond acceptors (Lipinski definition) is 7. The Morgan fingerprint density at radius 1 is 1.38 bits per heavy atom. The Hall–Kier alpha value is -2.20. The van der Waals surface area contributed by atoms with Crippen molar-refractivity contribution in [2.24, 2.45) is 5.92 Å². The minimum Gasteiger partial charge on any atom is -0.490 e. The van der Waals surface area contributed by atoms with Crippen LogP contribution in [0.4, 0.5) is 5.69 Å². The molecule has 0 saturated carbocycles. The minimum atomic E-state index is -1.16. The molecular formula is C27H38ClN3O4S2. The summed E-state index contributed by atoms with van der Waals surface area (Å²) in [4.78, 5) is 38.4. The van der Waals surface area contributed by atoms with E-state index in [0.29, 0.717) is 16.2 Å². The number of carbonyl (C=O) groups excluding carboxylic acids is 3. The van der Waals surface area contributed by atoms with E-state index in [1.54, 1.807) is 59.1 Å². The molecule has 2 N–H and O–H groups in total. The first-order valence-electron chi connectivity index (χ1n) is 12.0. The number of anilines is 1. The summed E-state index contributed by atoms with van der Waals surface area (Å²) in [6.45, 7) is 12.6. The number of amides is 2. The van der Waals surface area contributed by atoms with Gasteiger partial charge in [-0.15, -0.1) is 0 Å². The maximum Gasteiger partial charge on any atom is 0.258 e. The fourth-order valence-corrected chi connectivity index (χ4v) is 4.68. The number of benzene rings is 1. The average molecular weight is 568 g/mol. The predicted octanol–water partition coefficient (Wildman–Crippen LogP) is 5.68. The number of piperidine rings is 1. The van der Waals surface area contributed by atoms with E-state index in [0.717, 1.165) is 41.0 Å². The van der Waals surface area contributed by atoms with Gasteiger partial charge in [0.05, 0.1) is 16.4 Å². The van der Waals surface area contributed by atoms with Crippen LogP contribution in [0.1, 0.15) is 56.0 Å². The highest BCUT2D eigenvalue weighted by Gasteiger charge is 2.30. The summed E-state index contributed by atoms with van der Waals surface area (Å²) >= 11 is 11.8. The molecule has 10 heteroatoms. The van der Waals surface area contributed by atoms with E-state index >= 15 is 0 Å². The number of rotatable bonds is 9. The van der Waals surface area contributed by atoms with Gasteiger partial charge in [0.2, 0.25) is 5.91 Å². The van der Waals surface area contributed by atoms with Crippen molar-refractivity contribution in [2.45, 2.75) is 52.5 Å². The number of nitrogens with one attached hydrogen (secondary N) is 2. The molecule has 1 aliphatic heterocycles. The third-order valence-electron chi connectivity index (χ3n) is 5.76. The molecule has 2 amide bonds. The minimum absolute atomic E-state index is 0.260. The molecule has 1 aliphatic rings. The van der Waals surface area contributed by atoms with Gasteiger partial charge in [0.25, 0.3) is 5.91 Å². The van der Waals surface area contributed by atoms with Crippen LogP contribution in [0, 0.1) is 12.8 Å². The highest BCUT2D eigenvalue weighted by molar-refractivity contribution is 8.08. The molecule has 0 aromatic heterocycles. The lowest BCUT2D eigenvalue weighted by Crippen LogP contribution is -2.52. The molecule has 204 valence electrons. The van der Waals surface area contributed by atoms with E-state index in [9.17, 15) is 14.4 Å². The largest absolute Gasteiger partial charge is 0.490 e. The number of nitrogens with zero attached hydrogens (tertiary/aromatic N) is 1. The zero-order valence-electron chi connectivity index (χ0n) is 22.5. The summed E-state index contributed by atoms with van der Waals surface area (Å²) in [6.07, 6.45) is 5.91. The Kier molecular flexibility index (Phi) is 14.1. The number of thioether (sulfide) groups is 1. The normalized spacial score (nSPS) is 16.1. The number of allylic oxidation sites excluding steroid dienone is 1. The van der Waals surface area contributed by atoms with Crippen molar-refractivity contribution < 1.29 is 19.1 Å². The first-order chi connectivity index (χ1) is 17.3. The summed E-state index contributed by atoms with van der Waals surface area (Å²) in [5, 5.41) is 6.17. The molecule has 1 aromatic rings. The molecule has 2 rings (SSSR count). The molecule has 0 spiro atoms. The van der Waals surface area contributed by atoms with Crippen LogP contribution >= 0.6 is 35.6 Å². The first kappa shape index (κ1) is 32.8. The maximum absolute atomic E-state index is 12.5. The lowest BCUT2D eigenvalue weighted by Gasteiger charge is -2.29. The zero-order chi connectivity index (χ0) is 28.2. The third kappa shape index (κ3) is 11.8. The van der Waals surface area contributed by atoms with Gasteiger partial charge in [0, 0.05) is 24.2 Å². The van der Waals surface area contributed by atoms with Crippen molar-refractivity contribution in [2.75, 3.05) is 32.6 Å². The number of carbonyl (C=O) groups is 3. The molecule has 1 aromatic carbocycles. The Morgan fingerprint density at radius 2 is 2.05 bits per heavy atom. The van der Waals surface area contributed by atoms with Gasteiger partial charge in [-0.1, -0.05) is 36.0 Å². The fourth-order valence-electron chi connectivity index (χ4n) is 3.69. The van der Waals surface area contributed by atoms with Crippen molar-refractivity contribution in [3.05, 3.63) is 51.3 Å². The van der Waals surface area contributed by atoms with Crippen LogP contribution < -0.4 is 10.6 Å². The number of likely N-dealkylation sites (tertiary alicyclic amines) is 1. The lowest BCUT2D eigenvalue weighted by molar-refractivity contribution is -0.127. The number of hydrogen-bond donors (Lipinski definition) is 2. The molecule has 1 saturated heterocycles. The SMILES string of the molecule is C=C(Cl)S/C(=C\C)C(=O)NC(C)(C)C(=O)Nc1ccc(C=O)c(C)c1.COC(=S)CC1CCCN(C)C1. The second-order valence-corrected chi connectivity index (χ2v) is 11.7. The molecule has 0 bridgehead atoms. The number of thiocarbonyl (C=S) groups is 1. The van der Waals surface area contributed by atoms with E-state index in [-0.39, 0.29) is 10.3 Å². The van der Waals surface area contributed by atoms with Crippen LogP contribution in [0.2, 0.25) is 0 Å². The van der Waals surface area contributed by atoms with E-state index in [4.69, 9.17) is 28.6 Å². The van der Waals surface area contributed by atoms with Gasteiger partial charge in [0.1, 0.15) is 11.8 Å². The van der Waals surface area contributed by atoms with Crippen molar-refractivity contribution in [1.82, 2.24) is 10.2 Å². The summed E-state index contributed by atoms with van der Waals surface area (Å²) in [5.41, 5.74) is 0.700. The molecular weight excluding hydrogens is 530 g/mol. The van der Waals surface area contributed by atoms with Crippen molar-refractivity contribution in [3.63, 3.8) is 0 Å². The standard InChI is InChI=1S/C18H21ClN2O3S.C9H17NOS/c1-6-15(25-12(3)19)16(23)21-18(4,5)17(24)20-14-8-7-13(10-22)11(2)9-14;1-10-5-3-4-8(7-10)6-9(12)11-2/h6-10H,3H2,1-2,4-5H3,(H,20,24)(H,21,23);8H,3-7H2,1-2H3/b15-6-;. The molecule has 37 heavy (non-hydrogen) atoms. The molecule has 1 fully saturated rings. The van der Waals surface area contributed by atoms with Gasteiger partial charge in [-0.2, -0.15) is 0 Å². The number of aryl methyl sites for hydroxylation is 1. The van der Waals surface area contributed by atoms with Crippen LogP contribution in [0.15, 0.2) is 40.1 Å². The van der Waals surface area contributed by atoms with Crippen LogP contribution in [0.5, 0.6) is 0 Å². The fraction of sp³-hybridized carbons (Fsp3) is 0.481. The van der Waals surface area contributed by atoms with E-state index in [1.165, 1.54) is 25.9 Å². The number of methoxy groups -OCH3 is 1. The van der Waals surface area contributed by atoms with Crippen LogP contribution in [0.25, 0.3) is 0 Å². The Labute approximate surface area is 235 Å². The first-order valence-corrected chi connectivity index (χ1v) is 13.6. The topological polar surface area (TPSA) is 87.7 Å². The summed E-state index contributed by atoms with van der Waals surface area (Å²) in [7, 11) is 3.83. The second kappa shape index (κ2) is 15.9. The highest BCUT2D eigenvalue weighted by atomic mass is 35.5. The van der Waals surface area contributed by atoms with Crippen molar-refractivity contribution in [1.29, 1.82) is 0 Å². The maximum atomic E-state index is 12.5. The van der Waals surface area contributed by atoms with Crippen molar-refractivity contribution >= 4 is 64.4 Å². The lowest BCUT2D eigenvalue weighted by atomic mass is 9.95. The number of ether oxygens (including phenoxy) is 1.